The molecule has 0 radical (unpaired) electrons. The molecule has 0 unspecified atom stereocenters. The molecule has 0 bridgehead atoms. The highest BCUT2D eigenvalue weighted by Crippen LogP contribution is 2.28. The number of benzene rings is 2. The number of rotatable bonds is 8. The number of nitrogens with zero attached hydrogens (tertiary/aromatic N) is 1. The summed E-state index contributed by atoms with van der Waals surface area (Å²) in [5.74, 6) is 1.19. The van der Waals surface area contributed by atoms with Crippen molar-refractivity contribution in [3.63, 3.8) is 0 Å². The van der Waals surface area contributed by atoms with Crippen molar-refractivity contribution in [2.75, 3.05) is 30.8 Å². The molecule has 0 saturated carbocycles. The molecule has 0 amide bonds. The average Bonchev–Trinajstić information content (AvgIpc) is 2.57. The Hall–Kier alpha value is -2.25. The zero-order valence-electron chi connectivity index (χ0n) is 16.4. The molecular weight excluding hydrogens is 366 g/mol. The maximum Gasteiger partial charge on any atom is 0.232 e. The highest BCUT2D eigenvalue weighted by Gasteiger charge is 2.24. The number of methoxy groups -OCH3 is 1. The quantitative estimate of drug-likeness (QED) is 0.746. The summed E-state index contributed by atoms with van der Waals surface area (Å²) in [5, 5.41) is 10.4. The lowest BCUT2D eigenvalue weighted by Gasteiger charge is -2.28. The Bertz CT molecular complexity index is 872. The molecule has 0 aliphatic heterocycles. The zero-order valence-corrected chi connectivity index (χ0v) is 17.2. The number of ether oxygens (including phenoxy) is 2. The van der Waals surface area contributed by atoms with E-state index in [-0.39, 0.29) is 13.2 Å². The third-order valence-electron chi connectivity index (χ3n) is 4.15. The van der Waals surface area contributed by atoms with Gasteiger partial charge in [-0.3, -0.25) is 4.31 Å². The van der Waals surface area contributed by atoms with Gasteiger partial charge >= 0.3 is 0 Å². The fourth-order valence-electron chi connectivity index (χ4n) is 3.09. The minimum absolute atomic E-state index is 0.0385. The van der Waals surface area contributed by atoms with Gasteiger partial charge in [-0.05, 0) is 44.0 Å². The van der Waals surface area contributed by atoms with Crippen molar-refractivity contribution in [1.82, 2.24) is 0 Å². The van der Waals surface area contributed by atoms with Crippen LogP contribution in [-0.4, -0.2) is 46.1 Å². The molecule has 0 fully saturated rings. The van der Waals surface area contributed by atoms with Crippen LogP contribution in [-0.2, 0) is 10.0 Å². The fourth-order valence-corrected chi connectivity index (χ4v) is 4.15. The van der Waals surface area contributed by atoms with Gasteiger partial charge in [0.25, 0.3) is 0 Å². The normalized spacial score (nSPS) is 12.5. The second-order valence-electron chi connectivity index (χ2n) is 6.69. The van der Waals surface area contributed by atoms with E-state index in [0.717, 1.165) is 22.9 Å². The van der Waals surface area contributed by atoms with Crippen LogP contribution in [0.15, 0.2) is 36.4 Å². The van der Waals surface area contributed by atoms with E-state index in [2.05, 4.69) is 0 Å². The van der Waals surface area contributed by atoms with Crippen molar-refractivity contribution in [3.8, 4) is 11.5 Å². The van der Waals surface area contributed by atoms with Crippen LogP contribution in [0, 0.1) is 20.8 Å². The Morgan fingerprint density at radius 2 is 1.67 bits per heavy atom. The lowest BCUT2D eigenvalue weighted by molar-refractivity contribution is 0.115. The van der Waals surface area contributed by atoms with Crippen molar-refractivity contribution >= 4 is 15.7 Å². The number of sulfonamides is 1. The predicted octanol–water partition coefficient (Wildman–Crippen LogP) is 2.83. The summed E-state index contributed by atoms with van der Waals surface area (Å²) < 4.78 is 36.7. The van der Waals surface area contributed by atoms with Crippen LogP contribution in [0.4, 0.5) is 5.69 Å². The molecule has 0 aliphatic carbocycles. The zero-order chi connectivity index (χ0) is 20.2. The molecule has 0 aliphatic rings. The summed E-state index contributed by atoms with van der Waals surface area (Å²) in [6, 6.07) is 10.9. The van der Waals surface area contributed by atoms with E-state index >= 15 is 0 Å². The highest BCUT2D eigenvalue weighted by atomic mass is 32.2. The van der Waals surface area contributed by atoms with Crippen molar-refractivity contribution in [2.24, 2.45) is 0 Å². The standard InChI is InChI=1S/C20H27NO5S/c1-14-9-15(2)20(16(3)10-14)21(27(5,23)24)12-17(22)13-26-19-8-6-7-18(11-19)25-4/h6-11,17,22H,12-13H2,1-5H3/t17-/m1/s1. The van der Waals surface area contributed by atoms with Crippen molar-refractivity contribution in [2.45, 2.75) is 26.9 Å². The van der Waals surface area contributed by atoms with Gasteiger partial charge in [0, 0.05) is 6.07 Å². The third-order valence-corrected chi connectivity index (χ3v) is 5.28. The van der Waals surface area contributed by atoms with Gasteiger partial charge < -0.3 is 14.6 Å². The molecule has 148 valence electrons. The number of aryl methyl sites for hydroxylation is 3. The van der Waals surface area contributed by atoms with Gasteiger partial charge in [0.1, 0.15) is 24.2 Å². The Balaban J connectivity index is 2.17. The van der Waals surface area contributed by atoms with E-state index in [1.165, 1.54) is 4.31 Å². The van der Waals surface area contributed by atoms with Crippen LogP contribution in [0.3, 0.4) is 0 Å². The lowest BCUT2D eigenvalue weighted by Crippen LogP contribution is -2.40. The first kappa shape index (κ1) is 21.1. The number of aliphatic hydroxyl groups is 1. The third kappa shape index (κ3) is 5.61. The number of anilines is 1. The molecule has 6 nitrogen and oxygen atoms in total. The molecule has 0 saturated heterocycles. The first-order valence-corrected chi connectivity index (χ1v) is 10.5. The van der Waals surface area contributed by atoms with Crippen molar-refractivity contribution in [3.05, 3.63) is 53.1 Å². The molecule has 2 aromatic rings. The van der Waals surface area contributed by atoms with Gasteiger partial charge in [-0.1, -0.05) is 23.8 Å². The maximum atomic E-state index is 12.4. The van der Waals surface area contributed by atoms with E-state index in [1.54, 1.807) is 31.4 Å². The molecule has 0 heterocycles. The minimum Gasteiger partial charge on any atom is -0.497 e. The van der Waals surface area contributed by atoms with Crippen LogP contribution < -0.4 is 13.8 Å². The average molecular weight is 394 g/mol. The van der Waals surface area contributed by atoms with Crippen LogP contribution in [0.5, 0.6) is 11.5 Å². The van der Waals surface area contributed by atoms with Gasteiger partial charge in [0.05, 0.1) is 25.6 Å². The Morgan fingerprint density at radius 1 is 1.07 bits per heavy atom. The smallest absolute Gasteiger partial charge is 0.232 e. The molecule has 7 heteroatoms. The second kappa shape index (κ2) is 8.63. The molecule has 1 atom stereocenters. The monoisotopic (exact) mass is 393 g/mol. The van der Waals surface area contributed by atoms with E-state index in [9.17, 15) is 13.5 Å². The van der Waals surface area contributed by atoms with E-state index in [4.69, 9.17) is 9.47 Å². The predicted molar refractivity (Wildman–Crippen MR) is 107 cm³/mol. The molecule has 2 rings (SSSR count). The van der Waals surface area contributed by atoms with Gasteiger partial charge in [0.15, 0.2) is 0 Å². The number of hydrogen-bond acceptors (Lipinski definition) is 5. The lowest BCUT2D eigenvalue weighted by atomic mass is 10.0. The van der Waals surface area contributed by atoms with Gasteiger partial charge in [-0.15, -0.1) is 0 Å². The Kier molecular flexibility index (Phi) is 6.73. The van der Waals surface area contributed by atoms with Crippen LogP contribution in [0.2, 0.25) is 0 Å². The summed E-state index contributed by atoms with van der Waals surface area (Å²) >= 11 is 0. The molecule has 1 N–H and O–H groups in total. The topological polar surface area (TPSA) is 76.1 Å². The molecule has 0 aromatic heterocycles. The largest absolute Gasteiger partial charge is 0.497 e. The Labute approximate surface area is 161 Å². The first-order chi connectivity index (χ1) is 12.6. The summed E-state index contributed by atoms with van der Waals surface area (Å²) in [7, 11) is -2.01. The summed E-state index contributed by atoms with van der Waals surface area (Å²) in [6.45, 7) is 5.57. The molecule has 27 heavy (non-hydrogen) atoms. The summed E-state index contributed by atoms with van der Waals surface area (Å²) in [4.78, 5) is 0. The highest BCUT2D eigenvalue weighted by molar-refractivity contribution is 7.92. The molecular formula is C20H27NO5S. The van der Waals surface area contributed by atoms with E-state index in [0.29, 0.717) is 17.2 Å². The fraction of sp³-hybridized carbons (Fsp3) is 0.400. The maximum absolute atomic E-state index is 12.4. The van der Waals surface area contributed by atoms with Gasteiger partial charge in [0.2, 0.25) is 10.0 Å². The van der Waals surface area contributed by atoms with E-state index < -0.39 is 16.1 Å². The van der Waals surface area contributed by atoms with Crippen molar-refractivity contribution < 1.29 is 23.0 Å². The minimum atomic E-state index is -3.57. The van der Waals surface area contributed by atoms with E-state index in [1.807, 2.05) is 32.9 Å². The molecule has 2 aromatic carbocycles. The van der Waals surface area contributed by atoms with Crippen LogP contribution >= 0.6 is 0 Å². The summed E-state index contributed by atoms with van der Waals surface area (Å²) in [6.07, 6.45) is 0.146. The first-order valence-electron chi connectivity index (χ1n) is 8.62. The van der Waals surface area contributed by atoms with Gasteiger partial charge in [-0.25, -0.2) is 8.42 Å². The second-order valence-corrected chi connectivity index (χ2v) is 8.59. The molecule has 0 spiro atoms. The van der Waals surface area contributed by atoms with Crippen molar-refractivity contribution in [1.29, 1.82) is 0 Å². The SMILES string of the molecule is COc1cccc(OC[C@H](O)CN(c2c(C)cc(C)cc2C)S(C)(=O)=O)c1. The van der Waals surface area contributed by atoms with Crippen LogP contribution in [0.25, 0.3) is 0 Å². The number of aliphatic hydroxyl groups excluding tert-OH is 1. The van der Waals surface area contributed by atoms with Gasteiger partial charge in [-0.2, -0.15) is 0 Å². The van der Waals surface area contributed by atoms with Crippen LogP contribution in [0.1, 0.15) is 16.7 Å². The number of hydrogen-bond donors (Lipinski definition) is 1. The summed E-state index contributed by atoms with van der Waals surface area (Å²) in [5.41, 5.74) is 3.35. The Morgan fingerprint density at radius 3 is 2.22 bits per heavy atom.